The van der Waals surface area contributed by atoms with Gasteiger partial charge in [-0.15, -0.1) is 0 Å². The van der Waals surface area contributed by atoms with Crippen molar-refractivity contribution >= 4 is 8.41 Å². The third kappa shape index (κ3) is 2.17. The summed E-state index contributed by atoms with van der Waals surface area (Å²) in [5.74, 6) is 0. The SMILES string of the molecule is B.[Au][C]1=CC=CC1. The van der Waals surface area contributed by atoms with E-state index < -0.39 is 0 Å². The summed E-state index contributed by atoms with van der Waals surface area (Å²) in [5.41, 5.74) is 0. The van der Waals surface area contributed by atoms with Gasteiger partial charge in [-0.3, -0.25) is 0 Å². The van der Waals surface area contributed by atoms with Crippen LogP contribution in [0.3, 0.4) is 0 Å². The van der Waals surface area contributed by atoms with Crippen molar-refractivity contribution in [2.45, 2.75) is 6.42 Å². The molecule has 2 heteroatoms. The summed E-state index contributed by atoms with van der Waals surface area (Å²) in [6.45, 7) is 0. The van der Waals surface area contributed by atoms with Gasteiger partial charge in [0.05, 0.1) is 8.41 Å². The van der Waals surface area contributed by atoms with E-state index in [-0.39, 0.29) is 8.41 Å². The van der Waals surface area contributed by atoms with Crippen molar-refractivity contribution in [2.75, 3.05) is 0 Å². The fraction of sp³-hybridized carbons (Fsp3) is 0.200. The van der Waals surface area contributed by atoms with Gasteiger partial charge < -0.3 is 0 Å². The molecule has 0 nitrogen and oxygen atoms in total. The van der Waals surface area contributed by atoms with Gasteiger partial charge in [-0.1, -0.05) is 0 Å². The monoisotopic (exact) mass is 276 g/mol. The molecule has 1 rings (SSSR count). The first-order valence-corrected chi connectivity index (χ1v) is 2.95. The third-order valence-corrected chi connectivity index (χ3v) is 1.50. The molecule has 0 bridgehead atoms. The Kier molecular flexibility index (Phi) is 3.44. The number of rotatable bonds is 0. The molecule has 42 valence electrons. The van der Waals surface area contributed by atoms with Crippen LogP contribution in [0, 0.1) is 0 Å². The van der Waals surface area contributed by atoms with Crippen LogP contribution in [0.4, 0.5) is 0 Å². The zero-order chi connectivity index (χ0) is 4.41. The minimum atomic E-state index is 0. The van der Waals surface area contributed by atoms with E-state index in [1.54, 1.807) is 0 Å². The van der Waals surface area contributed by atoms with E-state index in [2.05, 4.69) is 39.3 Å². The molecule has 0 spiro atoms. The van der Waals surface area contributed by atoms with Gasteiger partial charge in [0.2, 0.25) is 0 Å². The molecule has 1 aliphatic carbocycles. The maximum atomic E-state index is 2.49. The summed E-state index contributed by atoms with van der Waals surface area (Å²) in [6.07, 6.45) is 7.48. The van der Waals surface area contributed by atoms with Crippen molar-refractivity contribution in [2.24, 2.45) is 0 Å². The summed E-state index contributed by atoms with van der Waals surface area (Å²) in [6, 6.07) is 0. The number of allylic oxidation sites excluding steroid dienone is 4. The average Bonchev–Trinajstić information content (AvgIpc) is 1.86. The fourth-order valence-corrected chi connectivity index (χ4v) is 0.869. The molecule has 0 N–H and O–H groups in total. The Hall–Kier alpha value is 0.285. The van der Waals surface area contributed by atoms with Gasteiger partial charge >= 0.3 is 49.5 Å². The van der Waals surface area contributed by atoms with Crippen LogP contribution in [-0.2, 0) is 21.1 Å². The van der Waals surface area contributed by atoms with Gasteiger partial charge in [0, 0.05) is 0 Å². The van der Waals surface area contributed by atoms with E-state index in [1.165, 1.54) is 3.79 Å². The zero-order valence-corrected chi connectivity index (χ0v) is 5.41. The van der Waals surface area contributed by atoms with Crippen LogP contribution in [-0.4, -0.2) is 8.41 Å². The van der Waals surface area contributed by atoms with E-state index in [0.29, 0.717) is 0 Å². The van der Waals surface area contributed by atoms with Crippen molar-refractivity contribution in [1.29, 1.82) is 0 Å². The Morgan fingerprint density at radius 1 is 1.57 bits per heavy atom. The van der Waals surface area contributed by atoms with Crippen LogP contribution < -0.4 is 0 Å². The van der Waals surface area contributed by atoms with Crippen LogP contribution in [0.5, 0.6) is 0 Å². The molecule has 0 atom stereocenters. The molecule has 0 amide bonds. The van der Waals surface area contributed by atoms with E-state index in [1.807, 2.05) is 0 Å². The molecule has 0 heterocycles. The van der Waals surface area contributed by atoms with Gasteiger partial charge in [-0.05, 0) is 0 Å². The average molecular weight is 276 g/mol. The molecule has 0 aliphatic heterocycles. The molecule has 0 saturated carbocycles. The minimum absolute atomic E-state index is 0. The van der Waals surface area contributed by atoms with Gasteiger partial charge in [0.1, 0.15) is 0 Å². The van der Waals surface area contributed by atoms with Crippen LogP contribution in [0.25, 0.3) is 0 Å². The van der Waals surface area contributed by atoms with Gasteiger partial charge in [0.15, 0.2) is 0 Å². The van der Waals surface area contributed by atoms with Gasteiger partial charge in [-0.2, -0.15) is 0 Å². The Labute approximate surface area is 58.2 Å². The standard InChI is InChI=1S/C5H5.Au.BH3/c1-2-4-5-3-1;;/h1-3H,4H2;;1H3. The summed E-state index contributed by atoms with van der Waals surface area (Å²) < 4.78 is 1.41. The van der Waals surface area contributed by atoms with Gasteiger partial charge in [-0.25, -0.2) is 0 Å². The molecular weight excluding hydrogens is 268 g/mol. The molecule has 7 heavy (non-hydrogen) atoms. The number of hydrogen-bond donors (Lipinski definition) is 0. The van der Waals surface area contributed by atoms with E-state index in [0.717, 1.165) is 6.42 Å². The predicted octanol–water partition coefficient (Wildman–Crippen LogP) is 0.193. The summed E-state index contributed by atoms with van der Waals surface area (Å²) in [4.78, 5) is 0. The van der Waals surface area contributed by atoms with Crippen molar-refractivity contribution < 1.29 is 21.1 Å². The Morgan fingerprint density at radius 3 is 2.43 bits per heavy atom. The van der Waals surface area contributed by atoms with E-state index in [9.17, 15) is 0 Å². The molecular formula is C5H8AuB. The van der Waals surface area contributed by atoms with Crippen molar-refractivity contribution in [3.8, 4) is 0 Å². The first kappa shape index (κ1) is 7.29. The molecule has 1 aliphatic rings. The fourth-order valence-electron chi connectivity index (χ4n) is 0.405. The van der Waals surface area contributed by atoms with Gasteiger partial charge in [0.25, 0.3) is 0 Å². The molecule has 0 aromatic carbocycles. The first-order valence-electron chi connectivity index (χ1n) is 1.87. The molecule has 0 fully saturated rings. The summed E-state index contributed by atoms with van der Waals surface area (Å²) in [7, 11) is 0. The van der Waals surface area contributed by atoms with Crippen LogP contribution in [0.2, 0.25) is 0 Å². The van der Waals surface area contributed by atoms with Crippen molar-refractivity contribution in [3.63, 3.8) is 0 Å². The first-order chi connectivity index (χ1) is 2.89. The van der Waals surface area contributed by atoms with Crippen molar-refractivity contribution in [1.82, 2.24) is 0 Å². The van der Waals surface area contributed by atoms with Crippen LogP contribution in [0.1, 0.15) is 6.42 Å². The quantitative estimate of drug-likeness (QED) is 0.554. The summed E-state index contributed by atoms with van der Waals surface area (Å²) >= 11 is 2.49. The molecule has 0 aromatic heterocycles. The Bertz CT molecular complexity index is 105. The third-order valence-electron chi connectivity index (χ3n) is 0.698. The second-order valence-electron chi connectivity index (χ2n) is 1.20. The molecule has 0 aromatic rings. The second kappa shape index (κ2) is 3.31. The van der Waals surface area contributed by atoms with E-state index in [4.69, 9.17) is 0 Å². The van der Waals surface area contributed by atoms with Crippen LogP contribution >= 0.6 is 0 Å². The second-order valence-corrected chi connectivity index (χ2v) is 2.59. The molecule has 0 radical (unpaired) electrons. The normalized spacial score (nSPS) is 16.0. The molecule has 0 saturated heterocycles. The topological polar surface area (TPSA) is 0 Å². The number of hydrogen-bond acceptors (Lipinski definition) is 0. The summed E-state index contributed by atoms with van der Waals surface area (Å²) in [5, 5.41) is 0. The van der Waals surface area contributed by atoms with E-state index >= 15 is 0 Å². The van der Waals surface area contributed by atoms with Crippen LogP contribution in [0.15, 0.2) is 22.0 Å². The zero-order valence-electron chi connectivity index (χ0n) is 3.24. The Balaban J connectivity index is 0.000000360. The maximum absolute atomic E-state index is 2.49. The Morgan fingerprint density at radius 2 is 2.29 bits per heavy atom. The molecule has 0 unspecified atom stereocenters. The predicted molar refractivity (Wildman–Crippen MR) is 31.8 cm³/mol. The van der Waals surface area contributed by atoms with Crippen molar-refractivity contribution in [3.05, 3.63) is 22.0 Å².